The summed E-state index contributed by atoms with van der Waals surface area (Å²) in [6.45, 7) is 8.61. The topological polar surface area (TPSA) is 64.4 Å². The monoisotopic (exact) mass is 321 g/mol. The number of hydrogen-bond donors (Lipinski definition) is 0. The van der Waals surface area contributed by atoms with E-state index in [2.05, 4.69) is 5.10 Å². The van der Waals surface area contributed by atoms with E-state index in [1.165, 1.54) is 0 Å². The molecule has 1 aliphatic rings. The summed E-state index contributed by atoms with van der Waals surface area (Å²) in [5, 5.41) is 4.34. The summed E-state index contributed by atoms with van der Waals surface area (Å²) in [6, 6.07) is 1.94. The molecule has 23 heavy (non-hydrogen) atoms. The summed E-state index contributed by atoms with van der Waals surface area (Å²) in [4.78, 5) is 26.3. The summed E-state index contributed by atoms with van der Waals surface area (Å²) < 4.78 is 7.18. The molecular formula is C17H27N3O3. The number of likely N-dealkylation sites (tertiary alicyclic amines) is 1. The first-order valence-corrected chi connectivity index (χ1v) is 8.16. The van der Waals surface area contributed by atoms with Crippen LogP contribution in [0.25, 0.3) is 0 Å². The zero-order valence-corrected chi connectivity index (χ0v) is 14.8. The molecule has 0 bridgehead atoms. The number of rotatable bonds is 3. The van der Waals surface area contributed by atoms with E-state index in [0.29, 0.717) is 19.5 Å². The van der Waals surface area contributed by atoms with Crippen molar-refractivity contribution >= 4 is 11.9 Å². The van der Waals surface area contributed by atoms with Crippen molar-refractivity contribution in [3.63, 3.8) is 0 Å². The Hall–Kier alpha value is -1.85. The van der Waals surface area contributed by atoms with E-state index < -0.39 is 5.60 Å². The fourth-order valence-electron chi connectivity index (χ4n) is 2.78. The third-order valence-electron chi connectivity index (χ3n) is 4.05. The summed E-state index contributed by atoms with van der Waals surface area (Å²) in [6.07, 6.45) is 1.65. The predicted octanol–water partition coefficient (Wildman–Crippen LogP) is 2.49. The molecule has 0 aromatic carbocycles. The molecule has 0 N–H and O–H groups in total. The molecule has 0 aliphatic carbocycles. The molecule has 1 aromatic heterocycles. The highest BCUT2D eigenvalue weighted by atomic mass is 16.6. The Morgan fingerprint density at radius 3 is 2.65 bits per heavy atom. The molecule has 1 aliphatic heterocycles. The Labute approximate surface area is 137 Å². The normalized spacial score (nSPS) is 18.8. The third-order valence-corrected chi connectivity index (χ3v) is 4.05. The minimum Gasteiger partial charge on any atom is -0.444 e. The number of piperidine rings is 1. The minimum absolute atomic E-state index is 0.126. The van der Waals surface area contributed by atoms with Crippen LogP contribution < -0.4 is 0 Å². The number of hydrogen-bond acceptors (Lipinski definition) is 4. The van der Waals surface area contributed by atoms with Gasteiger partial charge in [-0.05, 0) is 46.6 Å². The van der Waals surface area contributed by atoms with Gasteiger partial charge in [0.15, 0.2) is 0 Å². The first kappa shape index (κ1) is 17.5. The van der Waals surface area contributed by atoms with E-state index in [1.807, 2.05) is 40.8 Å². The van der Waals surface area contributed by atoms with Gasteiger partial charge in [-0.1, -0.05) is 0 Å². The Morgan fingerprint density at radius 2 is 2.09 bits per heavy atom. The molecule has 2 rings (SSSR count). The number of Topliss-reactive ketones (excluding diaryl/α,β-unsaturated/α-hetero) is 1. The van der Waals surface area contributed by atoms with Crippen LogP contribution in [0.4, 0.5) is 4.79 Å². The van der Waals surface area contributed by atoms with Gasteiger partial charge in [-0.3, -0.25) is 9.48 Å². The van der Waals surface area contributed by atoms with Gasteiger partial charge in [0.25, 0.3) is 0 Å². The molecular weight excluding hydrogens is 294 g/mol. The van der Waals surface area contributed by atoms with Gasteiger partial charge in [-0.2, -0.15) is 5.10 Å². The van der Waals surface area contributed by atoms with E-state index >= 15 is 0 Å². The number of aryl methyl sites for hydroxylation is 2. The molecule has 1 unspecified atom stereocenters. The molecule has 0 saturated carbocycles. The van der Waals surface area contributed by atoms with Crippen molar-refractivity contribution in [2.75, 3.05) is 13.1 Å². The van der Waals surface area contributed by atoms with Crippen molar-refractivity contribution < 1.29 is 14.3 Å². The molecule has 1 saturated heterocycles. The van der Waals surface area contributed by atoms with Gasteiger partial charge in [0, 0.05) is 31.7 Å². The number of amides is 1. The highest BCUT2D eigenvalue weighted by Crippen LogP contribution is 2.21. The fourth-order valence-corrected chi connectivity index (χ4v) is 2.78. The zero-order chi connectivity index (χ0) is 17.2. The van der Waals surface area contributed by atoms with Gasteiger partial charge < -0.3 is 9.64 Å². The van der Waals surface area contributed by atoms with Crippen LogP contribution in [-0.2, 0) is 23.0 Å². The molecule has 6 heteroatoms. The van der Waals surface area contributed by atoms with Gasteiger partial charge in [0.2, 0.25) is 0 Å². The second-order valence-corrected chi connectivity index (χ2v) is 7.31. The van der Waals surface area contributed by atoms with Crippen molar-refractivity contribution in [3.8, 4) is 0 Å². The summed E-state index contributed by atoms with van der Waals surface area (Å²) >= 11 is 0. The first-order chi connectivity index (χ1) is 10.7. The van der Waals surface area contributed by atoms with E-state index in [1.54, 1.807) is 9.58 Å². The van der Waals surface area contributed by atoms with Crippen molar-refractivity contribution in [1.82, 2.24) is 14.7 Å². The van der Waals surface area contributed by atoms with Crippen LogP contribution in [-0.4, -0.2) is 45.2 Å². The lowest BCUT2D eigenvalue weighted by molar-refractivity contribution is -0.123. The molecule has 1 aromatic rings. The smallest absolute Gasteiger partial charge is 0.410 e. The van der Waals surface area contributed by atoms with Crippen molar-refractivity contribution in [3.05, 3.63) is 17.5 Å². The Balaban J connectivity index is 1.94. The number of ether oxygens (including phenoxy) is 1. The fraction of sp³-hybridized carbons (Fsp3) is 0.706. The molecule has 0 radical (unpaired) electrons. The first-order valence-electron chi connectivity index (χ1n) is 8.16. The van der Waals surface area contributed by atoms with Crippen LogP contribution in [0.2, 0.25) is 0 Å². The minimum atomic E-state index is -0.514. The van der Waals surface area contributed by atoms with Gasteiger partial charge in [-0.15, -0.1) is 0 Å². The maximum Gasteiger partial charge on any atom is 0.410 e. The zero-order valence-electron chi connectivity index (χ0n) is 14.8. The molecule has 128 valence electrons. The van der Waals surface area contributed by atoms with Crippen molar-refractivity contribution in [2.45, 2.75) is 52.6 Å². The SMILES string of the molecule is Cc1cc(CC(=O)C2CCCN(C(=O)OC(C)(C)C)C2)nn1C. The predicted molar refractivity (Wildman–Crippen MR) is 87.2 cm³/mol. The van der Waals surface area contributed by atoms with Gasteiger partial charge in [0.05, 0.1) is 12.1 Å². The second kappa shape index (κ2) is 6.72. The highest BCUT2D eigenvalue weighted by molar-refractivity contribution is 5.83. The van der Waals surface area contributed by atoms with Crippen LogP contribution in [0.1, 0.15) is 45.0 Å². The lowest BCUT2D eigenvalue weighted by Gasteiger charge is -2.33. The Kier molecular flexibility index (Phi) is 5.12. The molecule has 2 heterocycles. The van der Waals surface area contributed by atoms with Crippen LogP contribution in [0.15, 0.2) is 6.07 Å². The van der Waals surface area contributed by atoms with E-state index in [0.717, 1.165) is 24.2 Å². The van der Waals surface area contributed by atoms with Crippen LogP contribution >= 0.6 is 0 Å². The van der Waals surface area contributed by atoms with Crippen LogP contribution in [0.3, 0.4) is 0 Å². The lowest BCUT2D eigenvalue weighted by Crippen LogP contribution is -2.44. The average Bonchev–Trinajstić information content (AvgIpc) is 2.75. The molecule has 6 nitrogen and oxygen atoms in total. The molecule has 1 atom stereocenters. The number of carbonyl (C=O) groups is 2. The maximum atomic E-state index is 12.5. The molecule has 1 amide bonds. The largest absolute Gasteiger partial charge is 0.444 e. The van der Waals surface area contributed by atoms with Gasteiger partial charge >= 0.3 is 6.09 Å². The number of carbonyl (C=O) groups excluding carboxylic acids is 2. The van der Waals surface area contributed by atoms with E-state index in [-0.39, 0.29) is 17.8 Å². The second-order valence-electron chi connectivity index (χ2n) is 7.31. The average molecular weight is 321 g/mol. The summed E-state index contributed by atoms with van der Waals surface area (Å²) in [5.41, 5.74) is 1.32. The highest BCUT2D eigenvalue weighted by Gasteiger charge is 2.31. The van der Waals surface area contributed by atoms with Crippen LogP contribution in [0.5, 0.6) is 0 Å². The quantitative estimate of drug-likeness (QED) is 0.858. The van der Waals surface area contributed by atoms with Crippen molar-refractivity contribution in [1.29, 1.82) is 0 Å². The van der Waals surface area contributed by atoms with Crippen LogP contribution in [0, 0.1) is 12.8 Å². The number of ketones is 1. The summed E-state index contributed by atoms with van der Waals surface area (Å²) in [7, 11) is 1.87. The standard InChI is InChI=1S/C17H27N3O3/c1-12-9-14(18-19(12)5)10-15(21)13-7-6-8-20(11-13)16(22)23-17(2,3)4/h9,13H,6-8,10-11H2,1-5H3. The number of nitrogens with zero attached hydrogens (tertiary/aromatic N) is 3. The van der Waals surface area contributed by atoms with Gasteiger partial charge in [-0.25, -0.2) is 4.79 Å². The lowest BCUT2D eigenvalue weighted by atomic mass is 9.91. The Morgan fingerprint density at radius 1 is 1.39 bits per heavy atom. The molecule has 1 fully saturated rings. The van der Waals surface area contributed by atoms with E-state index in [4.69, 9.17) is 4.74 Å². The van der Waals surface area contributed by atoms with Gasteiger partial charge in [0.1, 0.15) is 11.4 Å². The molecule has 0 spiro atoms. The van der Waals surface area contributed by atoms with Crippen molar-refractivity contribution in [2.24, 2.45) is 13.0 Å². The van der Waals surface area contributed by atoms with E-state index in [9.17, 15) is 9.59 Å². The Bertz CT molecular complexity index is 567. The summed E-state index contributed by atoms with van der Waals surface area (Å²) in [5.74, 6) is 0.0231. The number of aromatic nitrogens is 2. The third kappa shape index (κ3) is 4.81. The maximum absolute atomic E-state index is 12.5.